The topological polar surface area (TPSA) is 80.9 Å². The lowest BCUT2D eigenvalue weighted by Crippen LogP contribution is -2.12. The average Bonchev–Trinajstić information content (AvgIpc) is 3.52. The average molecular weight is 1020 g/mol. The fourth-order valence-corrected chi connectivity index (χ4v) is 11.3. The summed E-state index contributed by atoms with van der Waals surface area (Å²) in [5.41, 5.74) is 16.2. The van der Waals surface area contributed by atoms with E-state index in [9.17, 15) is 20.4 Å². The van der Waals surface area contributed by atoms with Gasteiger partial charge in [0.1, 0.15) is 23.0 Å². The molecule has 0 aliphatic carbocycles. The third-order valence-corrected chi connectivity index (χ3v) is 15.3. The van der Waals surface area contributed by atoms with Crippen molar-refractivity contribution in [3.8, 4) is 112 Å². The minimum Gasteiger partial charge on any atom is -0.507 e. The molecule has 79 heavy (non-hydrogen) atoms. The highest BCUT2D eigenvalue weighted by atomic mass is 16.3. The molecule has 0 atom stereocenters. The van der Waals surface area contributed by atoms with Crippen LogP contribution < -0.4 is 0 Å². The van der Waals surface area contributed by atoms with Gasteiger partial charge in [-0.2, -0.15) is 0 Å². The molecule has 12 aromatic carbocycles. The van der Waals surface area contributed by atoms with Gasteiger partial charge in [-0.3, -0.25) is 0 Å². The Kier molecular flexibility index (Phi) is 14.0. The Hall–Kier alpha value is -10.2. The van der Waals surface area contributed by atoms with E-state index in [1.54, 1.807) is 0 Å². The van der Waals surface area contributed by atoms with Crippen molar-refractivity contribution >= 4 is 0 Å². The molecule has 0 aromatic heterocycles. The van der Waals surface area contributed by atoms with Gasteiger partial charge in [-0.1, -0.05) is 243 Å². The van der Waals surface area contributed by atoms with E-state index in [4.69, 9.17) is 0 Å². The smallest absolute Gasteiger partial charge is 0.131 e. The number of benzene rings is 12. The van der Waals surface area contributed by atoms with Gasteiger partial charge in [0, 0.05) is 56.3 Å². The van der Waals surface area contributed by atoms with Crippen molar-refractivity contribution in [1.29, 1.82) is 0 Å². The van der Waals surface area contributed by atoms with Gasteiger partial charge in [0.05, 0.1) is 0 Å². The molecule has 0 heterocycles. The van der Waals surface area contributed by atoms with Gasteiger partial charge in [0.25, 0.3) is 0 Å². The Balaban J connectivity index is 1.21. The van der Waals surface area contributed by atoms with Crippen LogP contribution in [0, 0.1) is 0 Å². The first-order valence-electron chi connectivity index (χ1n) is 26.8. The molecule has 4 heteroatoms. The predicted octanol–water partition coefficient (Wildman–Crippen LogP) is 19.2. The Morgan fingerprint density at radius 3 is 0.443 bits per heavy atom. The molecule has 0 saturated heterocycles. The molecule has 0 saturated carbocycles. The van der Waals surface area contributed by atoms with Crippen LogP contribution in [-0.4, -0.2) is 20.4 Å². The summed E-state index contributed by atoms with van der Waals surface area (Å²) in [4.78, 5) is 0. The van der Waals surface area contributed by atoms with Gasteiger partial charge < -0.3 is 20.4 Å². The van der Waals surface area contributed by atoms with Gasteiger partial charge in [0.15, 0.2) is 0 Å². The van der Waals surface area contributed by atoms with Crippen molar-refractivity contribution in [1.82, 2.24) is 0 Å². The zero-order valence-electron chi connectivity index (χ0n) is 43.4. The Bertz CT molecular complexity index is 3260. The number of phenols is 4. The van der Waals surface area contributed by atoms with Gasteiger partial charge in [-0.15, -0.1) is 0 Å². The van der Waals surface area contributed by atoms with E-state index in [0.29, 0.717) is 50.9 Å². The zero-order chi connectivity index (χ0) is 53.7. The molecular weight excluding hydrogens is 965 g/mol. The molecule has 0 aliphatic heterocycles. The lowest BCUT2D eigenvalue weighted by Gasteiger charge is -2.30. The Morgan fingerprint density at radius 1 is 0.190 bits per heavy atom. The molecule has 0 amide bonds. The Labute approximate surface area is 461 Å². The number of hydrogen-bond acceptors (Lipinski definition) is 4. The van der Waals surface area contributed by atoms with E-state index in [-0.39, 0.29) is 23.0 Å². The maximum absolute atomic E-state index is 12.6. The van der Waals surface area contributed by atoms with Crippen LogP contribution in [0.1, 0.15) is 40.5 Å². The molecule has 380 valence electrons. The molecule has 4 N–H and O–H groups in total. The van der Waals surface area contributed by atoms with Gasteiger partial charge >= 0.3 is 0 Å². The summed E-state index contributed by atoms with van der Waals surface area (Å²) in [5, 5.41) is 50.2. The minimum absolute atomic E-state index is 0.175. The molecule has 0 radical (unpaired) electrons. The fraction of sp³-hybridized carbons (Fsp3) is 0.0400. The van der Waals surface area contributed by atoms with Crippen molar-refractivity contribution in [2.24, 2.45) is 0 Å². The summed E-state index contributed by atoms with van der Waals surface area (Å²) in [7, 11) is 0. The van der Waals surface area contributed by atoms with E-state index in [0.717, 1.165) is 66.8 Å². The molecule has 0 aliphatic rings. The van der Waals surface area contributed by atoms with Crippen molar-refractivity contribution in [2.75, 3.05) is 0 Å². The molecule has 0 bridgehead atoms. The number of phenolic OH excluding ortho intramolecular Hbond substituents is 4. The summed E-state index contributed by atoms with van der Waals surface area (Å²) in [6.07, 6.45) is 0.445. The van der Waals surface area contributed by atoms with Crippen molar-refractivity contribution < 1.29 is 20.4 Å². The van der Waals surface area contributed by atoms with Crippen LogP contribution in [0.2, 0.25) is 0 Å². The van der Waals surface area contributed by atoms with Crippen LogP contribution >= 0.6 is 0 Å². The van der Waals surface area contributed by atoms with Gasteiger partial charge in [-0.05, 0) is 122 Å². The monoisotopic (exact) mass is 1020 g/mol. The highest BCUT2D eigenvalue weighted by molar-refractivity contribution is 5.88. The first-order chi connectivity index (χ1) is 38.9. The first kappa shape index (κ1) is 49.7. The zero-order valence-corrected chi connectivity index (χ0v) is 43.4. The van der Waals surface area contributed by atoms with Crippen LogP contribution in [0.15, 0.2) is 291 Å². The normalized spacial score (nSPS) is 11.3. The van der Waals surface area contributed by atoms with Crippen LogP contribution in [0.3, 0.4) is 0 Å². The summed E-state index contributed by atoms with van der Waals surface area (Å²) in [6, 6.07) is 97.4. The highest BCUT2D eigenvalue weighted by Gasteiger charge is 2.31. The van der Waals surface area contributed by atoms with E-state index < -0.39 is 11.8 Å². The molecule has 0 fully saturated rings. The van der Waals surface area contributed by atoms with E-state index in [2.05, 4.69) is 48.5 Å². The second-order valence-corrected chi connectivity index (χ2v) is 20.1. The minimum atomic E-state index is -0.440. The molecule has 12 rings (SSSR count). The summed E-state index contributed by atoms with van der Waals surface area (Å²) in [5.74, 6) is -0.180. The lowest BCUT2D eigenvalue weighted by atomic mass is 9.74. The Morgan fingerprint density at radius 2 is 0.316 bits per heavy atom. The predicted molar refractivity (Wildman–Crippen MR) is 324 cm³/mol. The van der Waals surface area contributed by atoms with Crippen LogP contribution in [0.5, 0.6) is 23.0 Å². The standard InChI is InChI=1S/C75H56O4/c76-72-64(50-25-9-1-10-26-50)41-58(42-65(72)51-27-11-2-12-28-51)62(59-43-66(52-29-13-3-14-30-52)73(77)67(44-59)53-31-15-4-16-32-53)49-63(60-45-68(54-33-17-5-18-34-54)74(78)69(46-60)55-35-19-6-20-36-55)61-47-70(56-37-21-7-22-38-56)75(79)71(48-61)57-39-23-8-24-40-57/h1-48,62-63,76-79H,49H2. The molecule has 12 aromatic rings. The molecule has 0 spiro atoms. The number of aromatic hydroxyl groups is 4. The third-order valence-electron chi connectivity index (χ3n) is 15.3. The third kappa shape index (κ3) is 10.2. The van der Waals surface area contributed by atoms with Gasteiger partial charge in [-0.25, -0.2) is 0 Å². The molecule has 4 nitrogen and oxygen atoms in total. The van der Waals surface area contributed by atoms with Crippen LogP contribution in [0.4, 0.5) is 0 Å². The first-order valence-corrected chi connectivity index (χ1v) is 26.8. The van der Waals surface area contributed by atoms with E-state index >= 15 is 0 Å². The highest BCUT2D eigenvalue weighted by Crippen LogP contribution is 2.52. The quantitative estimate of drug-likeness (QED) is 0.0875. The van der Waals surface area contributed by atoms with Crippen molar-refractivity contribution in [2.45, 2.75) is 18.3 Å². The SMILES string of the molecule is Oc1c(-c2ccccc2)cc(C(CC(c2cc(-c3ccccc3)c(O)c(-c3ccccc3)c2)c2cc(-c3ccccc3)c(O)c(-c3ccccc3)c2)c2cc(-c3ccccc3)c(O)c(-c3ccccc3)c2)cc1-c1ccccc1. The maximum atomic E-state index is 12.6. The summed E-state index contributed by atoms with van der Waals surface area (Å²) in [6.45, 7) is 0. The van der Waals surface area contributed by atoms with Crippen LogP contribution in [0.25, 0.3) is 89.0 Å². The molecule has 0 unspecified atom stereocenters. The van der Waals surface area contributed by atoms with E-state index in [1.165, 1.54) is 0 Å². The summed E-state index contributed by atoms with van der Waals surface area (Å²) >= 11 is 0. The van der Waals surface area contributed by atoms with E-state index in [1.807, 2.05) is 243 Å². The second-order valence-electron chi connectivity index (χ2n) is 20.1. The largest absolute Gasteiger partial charge is 0.507 e. The number of rotatable bonds is 14. The van der Waals surface area contributed by atoms with Gasteiger partial charge in [0.2, 0.25) is 0 Å². The summed E-state index contributed by atoms with van der Waals surface area (Å²) < 4.78 is 0. The van der Waals surface area contributed by atoms with Crippen molar-refractivity contribution in [3.05, 3.63) is 313 Å². The number of hydrogen-bond donors (Lipinski definition) is 4. The van der Waals surface area contributed by atoms with Crippen molar-refractivity contribution in [3.63, 3.8) is 0 Å². The second kappa shape index (κ2) is 22.2. The molecular formula is C75H56O4. The lowest BCUT2D eigenvalue weighted by molar-refractivity contribution is 0.478. The fourth-order valence-electron chi connectivity index (χ4n) is 11.3. The maximum Gasteiger partial charge on any atom is 0.131 e. The van der Waals surface area contributed by atoms with Crippen LogP contribution in [-0.2, 0) is 0 Å².